The number of pyridine rings is 2. The number of nitrogens with zero attached hydrogens (tertiary/aromatic N) is 4. The van der Waals surface area contributed by atoms with Gasteiger partial charge in [-0.25, -0.2) is 4.98 Å². The first-order valence-corrected chi connectivity index (χ1v) is 29.9. The molecule has 0 saturated heterocycles. The molecule has 0 fully saturated rings. The molecule has 0 unspecified atom stereocenters. The van der Waals surface area contributed by atoms with E-state index in [1.54, 1.807) is 4.40 Å². The minimum absolute atomic E-state index is 0. The molecule has 7 heteroatoms. The van der Waals surface area contributed by atoms with E-state index in [-0.39, 0.29) is 20.1 Å². The molecule has 9 aromatic rings. The first-order valence-electron chi connectivity index (χ1n) is 22.5. The zero-order valence-corrected chi connectivity index (χ0v) is 43.7. The van der Waals surface area contributed by atoms with Crippen molar-refractivity contribution in [1.29, 1.82) is 0 Å². The second-order valence-electron chi connectivity index (χ2n) is 19.4. The molecule has 0 spiro atoms. The van der Waals surface area contributed by atoms with Crippen molar-refractivity contribution in [2.75, 3.05) is 0 Å². The fraction of sp³-hybridized carbons (Fsp3) is 0.281. The summed E-state index contributed by atoms with van der Waals surface area (Å²) in [7, 11) is 0. The number of furan rings is 1. The van der Waals surface area contributed by atoms with Gasteiger partial charge in [-0.3, -0.25) is 4.98 Å². The molecule has 0 aliphatic carbocycles. The molecule has 0 aliphatic heterocycles. The Morgan fingerprint density at radius 3 is 2.08 bits per heavy atom. The summed E-state index contributed by atoms with van der Waals surface area (Å²) in [5.41, 5.74) is 15.4. The first kappa shape index (κ1) is 46.8. The minimum atomic E-state index is -1.91. The molecule has 64 heavy (non-hydrogen) atoms. The van der Waals surface area contributed by atoms with Gasteiger partial charge in [0.15, 0.2) is 0 Å². The van der Waals surface area contributed by atoms with Crippen molar-refractivity contribution in [1.82, 2.24) is 19.5 Å². The molecule has 0 saturated carbocycles. The zero-order valence-electron chi connectivity index (χ0n) is 39.2. The molecule has 0 amide bonds. The predicted octanol–water partition coefficient (Wildman–Crippen LogP) is 15.1. The molecule has 0 aliphatic rings. The Balaban J connectivity index is 0.000000227. The van der Waals surface area contributed by atoms with Crippen molar-refractivity contribution in [3.8, 4) is 39.5 Å². The molecule has 5 aromatic carbocycles. The number of rotatable bonds is 10. The van der Waals surface area contributed by atoms with E-state index in [2.05, 4.69) is 185 Å². The summed E-state index contributed by atoms with van der Waals surface area (Å²) in [6, 6.07) is 49.1. The van der Waals surface area contributed by atoms with Crippen LogP contribution in [0.2, 0.25) is 17.3 Å². The summed E-state index contributed by atoms with van der Waals surface area (Å²) >= 11 is -1.91. The van der Waals surface area contributed by atoms with Crippen molar-refractivity contribution >= 4 is 50.8 Å². The van der Waals surface area contributed by atoms with Crippen LogP contribution >= 0.6 is 0 Å². The molecule has 4 heterocycles. The minimum Gasteiger partial charge on any atom is -0.486 e. The molecule has 0 bridgehead atoms. The number of benzene rings is 5. The Morgan fingerprint density at radius 1 is 0.734 bits per heavy atom. The molecular formula is C57H60GeIrN4O-2. The van der Waals surface area contributed by atoms with Crippen LogP contribution in [0.4, 0.5) is 0 Å². The van der Waals surface area contributed by atoms with Crippen LogP contribution in [0, 0.1) is 24.5 Å². The van der Waals surface area contributed by atoms with Gasteiger partial charge in [-0.15, -0.1) is 18.2 Å². The van der Waals surface area contributed by atoms with E-state index in [4.69, 9.17) is 14.4 Å². The largest absolute Gasteiger partial charge is 0.486 e. The quantitative estimate of drug-likeness (QED) is 0.101. The number of hydrogen-bond acceptors (Lipinski definition) is 4. The molecule has 1 radical (unpaired) electrons. The van der Waals surface area contributed by atoms with E-state index in [1.165, 1.54) is 39.9 Å². The summed E-state index contributed by atoms with van der Waals surface area (Å²) in [6.45, 7) is 18.1. The molecule has 4 aromatic heterocycles. The molecule has 0 N–H and O–H groups in total. The van der Waals surface area contributed by atoms with Gasteiger partial charge in [0.25, 0.3) is 0 Å². The van der Waals surface area contributed by atoms with E-state index in [9.17, 15) is 0 Å². The van der Waals surface area contributed by atoms with E-state index in [0.717, 1.165) is 62.1 Å². The normalized spacial score (nSPS) is 12.0. The van der Waals surface area contributed by atoms with Crippen LogP contribution in [0.5, 0.6) is 0 Å². The second kappa shape index (κ2) is 19.1. The smallest absolute Gasteiger partial charge is 0.216 e. The maximum Gasteiger partial charge on any atom is 0.216 e. The third-order valence-corrected chi connectivity index (χ3v) is 16.7. The Kier molecular flexibility index (Phi) is 14.0. The van der Waals surface area contributed by atoms with Gasteiger partial charge < -0.3 is 8.98 Å². The number of para-hydroxylation sites is 2. The van der Waals surface area contributed by atoms with Crippen LogP contribution < -0.4 is 4.40 Å². The van der Waals surface area contributed by atoms with Gasteiger partial charge in [-0.1, -0.05) is 81.1 Å². The average Bonchev–Trinajstić information content (AvgIpc) is 3.84. The second-order valence-corrected chi connectivity index (χ2v) is 30.0. The Hall–Kier alpha value is -5.14. The van der Waals surface area contributed by atoms with Gasteiger partial charge in [-0.05, 0) is 77.4 Å². The molecule has 9 rings (SSSR count). The number of hydrogen-bond donors (Lipinski definition) is 0. The standard InChI is InChI=1S/C37H32N3O.C20H28GeN.Ir/c1-22(2)30-20-26(25-12-7-6-8-13-25)21-31(23(3)4)34(30)40-33-17-10-9-16-32(33)39-36(40)29-15-11-14-27-28-19-18-24(5)38-37(28)41-35(27)29;1-7-20(2,3)14-17-13-19(16-11-9-8-10-12-16)22-15-18(17)21(4,5)6;/h6-14,16-23H,1-5H3;8-11,13,15H,7,14H2,1-6H3;/q2*-1;. The van der Waals surface area contributed by atoms with Crippen molar-refractivity contribution in [3.63, 3.8) is 0 Å². The third kappa shape index (κ3) is 9.61. The van der Waals surface area contributed by atoms with E-state index in [1.807, 2.05) is 37.3 Å². The van der Waals surface area contributed by atoms with E-state index < -0.39 is 13.3 Å². The number of imidazole rings is 1. The van der Waals surface area contributed by atoms with Gasteiger partial charge in [0, 0.05) is 36.9 Å². The monoisotopic (exact) mass is 1080 g/mol. The molecule has 0 atom stereocenters. The third-order valence-electron chi connectivity index (χ3n) is 12.4. The summed E-state index contributed by atoms with van der Waals surface area (Å²) < 4.78 is 10.3. The van der Waals surface area contributed by atoms with Crippen molar-refractivity contribution < 1.29 is 24.5 Å². The Morgan fingerprint density at radius 2 is 1.42 bits per heavy atom. The van der Waals surface area contributed by atoms with Crippen molar-refractivity contribution in [2.45, 2.75) is 97.3 Å². The van der Waals surface area contributed by atoms with Gasteiger partial charge >= 0.3 is 138 Å². The van der Waals surface area contributed by atoms with Crippen LogP contribution in [-0.4, -0.2) is 32.8 Å². The summed E-state index contributed by atoms with van der Waals surface area (Å²) in [4.78, 5) is 14.7. The maximum absolute atomic E-state index is 6.44. The fourth-order valence-corrected chi connectivity index (χ4v) is 11.9. The van der Waals surface area contributed by atoms with Crippen molar-refractivity contribution in [2.24, 2.45) is 5.41 Å². The topological polar surface area (TPSA) is 56.7 Å². The van der Waals surface area contributed by atoms with Gasteiger partial charge in [0.2, 0.25) is 5.71 Å². The van der Waals surface area contributed by atoms with Crippen LogP contribution in [0.1, 0.15) is 89.1 Å². The molecule has 5 nitrogen and oxygen atoms in total. The fourth-order valence-electron chi connectivity index (χ4n) is 8.58. The average molecular weight is 1080 g/mol. The van der Waals surface area contributed by atoms with Crippen LogP contribution in [0.3, 0.4) is 0 Å². The van der Waals surface area contributed by atoms with Gasteiger partial charge in [0.05, 0.1) is 22.4 Å². The SMILES string of the molecule is CCC(C)(C)Cc1cc(-c2[c-]cccc2)nc[c]1[Ge]([CH3])([CH3])[CH3].Cc1ccc2c(n1)oc1c(-c3nc4ccccc4n3-c3c(C(C)C)cc(-c4ccccc4)cc3C(C)C)[c-]ccc12.[Ir]. The van der Waals surface area contributed by atoms with E-state index >= 15 is 0 Å². The van der Waals surface area contributed by atoms with Crippen molar-refractivity contribution in [3.05, 3.63) is 162 Å². The van der Waals surface area contributed by atoms with Crippen LogP contribution in [-0.2, 0) is 26.5 Å². The van der Waals surface area contributed by atoms with Gasteiger partial charge in [0.1, 0.15) is 0 Å². The zero-order chi connectivity index (χ0) is 44.6. The maximum atomic E-state index is 6.44. The Labute approximate surface area is 396 Å². The van der Waals surface area contributed by atoms with Crippen LogP contribution in [0.15, 0.2) is 132 Å². The summed E-state index contributed by atoms with van der Waals surface area (Å²) in [5, 5.41) is 2.02. The van der Waals surface area contributed by atoms with Crippen LogP contribution in [0.25, 0.3) is 72.6 Å². The first-order chi connectivity index (χ1) is 30.1. The van der Waals surface area contributed by atoms with Gasteiger partial charge in [-0.2, -0.15) is 0 Å². The number of fused-ring (bicyclic) bond motifs is 4. The summed E-state index contributed by atoms with van der Waals surface area (Å²) in [5.74, 6) is 8.76. The van der Waals surface area contributed by atoms with E-state index in [0.29, 0.717) is 23.0 Å². The molecular weight excluding hydrogens is 1020 g/mol. The Bertz CT molecular complexity index is 3020. The number of aromatic nitrogens is 4. The predicted molar refractivity (Wildman–Crippen MR) is 268 cm³/mol. The summed E-state index contributed by atoms with van der Waals surface area (Å²) in [6.07, 6.45) is 4.47. The number of aryl methyl sites for hydroxylation is 1. The molecule has 329 valence electrons.